The summed E-state index contributed by atoms with van der Waals surface area (Å²) >= 11 is 0. The molecule has 0 bridgehead atoms. The molecule has 4 heteroatoms. The van der Waals surface area contributed by atoms with Crippen LogP contribution in [0.25, 0.3) is 11.1 Å². The van der Waals surface area contributed by atoms with Crippen LogP contribution in [0.2, 0.25) is 0 Å². The minimum Gasteiger partial charge on any atom is -0.423 e. The lowest BCUT2D eigenvalue weighted by molar-refractivity contribution is 0.00576. The van der Waals surface area contributed by atoms with E-state index in [1.54, 1.807) is 0 Å². The third kappa shape index (κ3) is 1.52. The van der Waals surface area contributed by atoms with Crippen molar-refractivity contribution in [3.63, 3.8) is 0 Å². The van der Waals surface area contributed by atoms with Gasteiger partial charge in [0, 0.05) is 6.04 Å². The van der Waals surface area contributed by atoms with Crippen molar-refractivity contribution in [2.24, 2.45) is 0 Å². The van der Waals surface area contributed by atoms with Crippen molar-refractivity contribution in [2.75, 3.05) is 18.1 Å². The molecule has 0 radical (unpaired) electrons. The van der Waals surface area contributed by atoms with Gasteiger partial charge in [-0.2, -0.15) is 4.98 Å². The molecular weight excluding hydrogens is 216 g/mol. The summed E-state index contributed by atoms with van der Waals surface area (Å²) in [5.74, 6) is 0. The van der Waals surface area contributed by atoms with E-state index in [4.69, 9.17) is 9.15 Å². The van der Waals surface area contributed by atoms with E-state index in [1.807, 2.05) is 24.3 Å². The quantitative estimate of drug-likeness (QED) is 0.810. The van der Waals surface area contributed by atoms with E-state index >= 15 is 0 Å². The summed E-state index contributed by atoms with van der Waals surface area (Å²) in [5.41, 5.74) is 1.81. The Balaban J connectivity index is 1.74. The predicted molar refractivity (Wildman–Crippen MR) is 64.1 cm³/mol. The summed E-state index contributed by atoms with van der Waals surface area (Å²) < 4.78 is 11.1. The van der Waals surface area contributed by atoms with Gasteiger partial charge >= 0.3 is 0 Å². The first-order chi connectivity index (χ1) is 8.42. The Morgan fingerprint density at radius 1 is 1.12 bits per heavy atom. The second-order valence-corrected chi connectivity index (χ2v) is 4.79. The second kappa shape index (κ2) is 3.47. The summed E-state index contributed by atoms with van der Waals surface area (Å²) in [7, 11) is 0. The molecule has 1 saturated carbocycles. The standard InChI is InChI=1S/C13H14N2O2/c1-2-4-12-11(3-1)14-13(17-12)15(9-5-6-9)10-7-16-8-10/h1-4,9-10H,5-8H2. The number of nitrogens with zero attached hydrogens (tertiary/aromatic N) is 2. The van der Waals surface area contributed by atoms with E-state index in [0.717, 1.165) is 30.3 Å². The average Bonchev–Trinajstić information content (AvgIpc) is 3.01. The minimum absolute atomic E-state index is 0.454. The van der Waals surface area contributed by atoms with E-state index in [2.05, 4.69) is 9.88 Å². The molecule has 1 aliphatic heterocycles. The maximum Gasteiger partial charge on any atom is 0.299 e. The molecule has 0 spiro atoms. The van der Waals surface area contributed by atoms with Gasteiger partial charge in [-0.1, -0.05) is 12.1 Å². The Morgan fingerprint density at radius 2 is 1.94 bits per heavy atom. The van der Waals surface area contributed by atoms with Crippen molar-refractivity contribution in [1.82, 2.24) is 4.98 Å². The Bertz CT molecular complexity index is 510. The molecule has 0 unspecified atom stereocenters. The molecule has 2 fully saturated rings. The molecule has 4 rings (SSSR count). The van der Waals surface area contributed by atoms with Gasteiger partial charge in [0.15, 0.2) is 5.58 Å². The van der Waals surface area contributed by atoms with Gasteiger partial charge in [-0.05, 0) is 25.0 Å². The van der Waals surface area contributed by atoms with Crippen LogP contribution in [0.1, 0.15) is 12.8 Å². The number of aromatic nitrogens is 1. The van der Waals surface area contributed by atoms with E-state index in [1.165, 1.54) is 12.8 Å². The van der Waals surface area contributed by atoms with E-state index in [9.17, 15) is 0 Å². The lowest BCUT2D eigenvalue weighted by atomic mass is 10.2. The average molecular weight is 230 g/mol. The number of benzene rings is 1. The summed E-state index contributed by atoms with van der Waals surface area (Å²) in [6, 6.07) is 9.75. The van der Waals surface area contributed by atoms with Crippen LogP contribution in [-0.4, -0.2) is 30.3 Å². The number of anilines is 1. The summed E-state index contributed by atoms with van der Waals surface area (Å²) in [6.45, 7) is 1.60. The molecule has 0 amide bonds. The zero-order valence-electron chi connectivity index (χ0n) is 9.50. The predicted octanol–water partition coefficient (Wildman–Crippen LogP) is 2.20. The van der Waals surface area contributed by atoms with E-state index in [0.29, 0.717) is 12.1 Å². The molecule has 88 valence electrons. The highest BCUT2D eigenvalue weighted by Gasteiger charge is 2.39. The zero-order valence-corrected chi connectivity index (χ0v) is 9.50. The zero-order chi connectivity index (χ0) is 11.2. The van der Waals surface area contributed by atoms with Crippen molar-refractivity contribution in [3.8, 4) is 0 Å². The Labute approximate surface area is 99.2 Å². The van der Waals surface area contributed by atoms with Gasteiger partial charge in [-0.25, -0.2) is 0 Å². The topological polar surface area (TPSA) is 38.5 Å². The number of fused-ring (bicyclic) bond motifs is 1. The van der Waals surface area contributed by atoms with Gasteiger partial charge < -0.3 is 14.1 Å². The summed E-state index contributed by atoms with van der Waals surface area (Å²) in [6.07, 6.45) is 2.49. The third-order valence-electron chi connectivity index (χ3n) is 3.46. The molecule has 0 N–H and O–H groups in total. The largest absolute Gasteiger partial charge is 0.423 e. The number of hydrogen-bond donors (Lipinski definition) is 0. The normalized spacial score (nSPS) is 20.5. The summed E-state index contributed by atoms with van der Waals surface area (Å²) in [5, 5.41) is 0. The number of hydrogen-bond acceptors (Lipinski definition) is 4. The van der Waals surface area contributed by atoms with Crippen LogP contribution in [0, 0.1) is 0 Å². The minimum atomic E-state index is 0.454. The van der Waals surface area contributed by atoms with Gasteiger partial charge in [0.1, 0.15) is 5.52 Å². The number of ether oxygens (including phenoxy) is 1. The van der Waals surface area contributed by atoms with Gasteiger partial charge in [-0.3, -0.25) is 0 Å². The van der Waals surface area contributed by atoms with Crippen LogP contribution >= 0.6 is 0 Å². The molecule has 17 heavy (non-hydrogen) atoms. The van der Waals surface area contributed by atoms with Gasteiger partial charge in [0.05, 0.1) is 19.3 Å². The van der Waals surface area contributed by atoms with Gasteiger partial charge in [0.25, 0.3) is 6.01 Å². The SMILES string of the molecule is c1ccc2oc(N(C3CC3)C3COC3)nc2c1. The monoisotopic (exact) mass is 230 g/mol. The first-order valence-corrected chi connectivity index (χ1v) is 6.13. The van der Waals surface area contributed by atoms with Gasteiger partial charge in [0.2, 0.25) is 0 Å². The van der Waals surface area contributed by atoms with Crippen LogP contribution in [0.15, 0.2) is 28.7 Å². The molecule has 4 nitrogen and oxygen atoms in total. The summed E-state index contributed by atoms with van der Waals surface area (Å²) in [4.78, 5) is 6.89. The van der Waals surface area contributed by atoms with Gasteiger partial charge in [-0.15, -0.1) is 0 Å². The number of oxazole rings is 1. The van der Waals surface area contributed by atoms with Crippen molar-refractivity contribution >= 4 is 17.1 Å². The van der Waals surface area contributed by atoms with Crippen molar-refractivity contribution < 1.29 is 9.15 Å². The molecule has 1 aromatic heterocycles. The Kier molecular flexibility index (Phi) is 1.93. The highest BCUT2D eigenvalue weighted by atomic mass is 16.5. The second-order valence-electron chi connectivity index (χ2n) is 4.79. The van der Waals surface area contributed by atoms with Crippen LogP contribution in [0.3, 0.4) is 0 Å². The highest BCUT2D eigenvalue weighted by Crippen LogP contribution is 2.36. The molecule has 1 aliphatic carbocycles. The molecule has 2 aromatic rings. The first kappa shape index (κ1) is 9.48. The smallest absolute Gasteiger partial charge is 0.299 e. The van der Waals surface area contributed by atoms with Crippen molar-refractivity contribution in [3.05, 3.63) is 24.3 Å². The van der Waals surface area contributed by atoms with Crippen LogP contribution < -0.4 is 4.90 Å². The van der Waals surface area contributed by atoms with E-state index in [-0.39, 0.29) is 0 Å². The fraction of sp³-hybridized carbons (Fsp3) is 0.462. The number of rotatable bonds is 3. The maximum absolute atomic E-state index is 5.85. The van der Waals surface area contributed by atoms with Crippen molar-refractivity contribution in [1.29, 1.82) is 0 Å². The fourth-order valence-corrected chi connectivity index (χ4v) is 2.32. The first-order valence-electron chi connectivity index (χ1n) is 6.13. The van der Waals surface area contributed by atoms with Crippen LogP contribution in [-0.2, 0) is 4.74 Å². The van der Waals surface area contributed by atoms with Crippen molar-refractivity contribution in [2.45, 2.75) is 24.9 Å². The highest BCUT2D eigenvalue weighted by molar-refractivity contribution is 5.74. The van der Waals surface area contributed by atoms with Crippen LogP contribution in [0.4, 0.5) is 6.01 Å². The van der Waals surface area contributed by atoms with Crippen LogP contribution in [0.5, 0.6) is 0 Å². The molecular formula is C13H14N2O2. The number of para-hydroxylation sites is 2. The maximum atomic E-state index is 5.85. The molecule has 2 aliphatic rings. The lowest BCUT2D eigenvalue weighted by Crippen LogP contribution is -2.50. The Morgan fingerprint density at radius 3 is 2.59 bits per heavy atom. The molecule has 0 atom stereocenters. The Hall–Kier alpha value is -1.55. The van der Waals surface area contributed by atoms with E-state index < -0.39 is 0 Å². The molecule has 1 aromatic carbocycles. The molecule has 2 heterocycles. The lowest BCUT2D eigenvalue weighted by Gasteiger charge is -2.36. The molecule has 1 saturated heterocycles. The fourth-order valence-electron chi connectivity index (χ4n) is 2.32. The third-order valence-corrected chi connectivity index (χ3v) is 3.46.